The van der Waals surface area contributed by atoms with Crippen LogP contribution in [0.3, 0.4) is 0 Å². The molecule has 1 heterocycles. The minimum atomic E-state index is -4.85. The Morgan fingerprint density at radius 3 is 2.10 bits per heavy atom. The maximum Gasteiger partial charge on any atom is 0.573 e. The molecule has 1 aliphatic carbocycles. The fourth-order valence-electron chi connectivity index (χ4n) is 5.04. The molecule has 1 N–H and O–H groups in total. The van der Waals surface area contributed by atoms with E-state index in [1.165, 1.54) is 6.07 Å². The first kappa shape index (κ1) is 30.0. The Hall–Kier alpha value is -3.47. The monoisotopic (exact) mass is 599 g/mol. The maximum atomic E-state index is 12.9. The SMILES string of the molecule is CC1(C)OB(C(=Cc2ccc(OC(F)(F)F)cc2Cl)CNC(=O)OCC2c3ccccc3-c3ccccc32)OC1(C)C. The van der Waals surface area contributed by atoms with Crippen LogP contribution in [0.4, 0.5) is 18.0 Å². The molecule has 0 unspecified atom stereocenters. The van der Waals surface area contributed by atoms with Gasteiger partial charge in [0.05, 0.1) is 16.2 Å². The van der Waals surface area contributed by atoms with Gasteiger partial charge in [0.25, 0.3) is 0 Å². The number of benzene rings is 3. The Morgan fingerprint density at radius 2 is 1.55 bits per heavy atom. The van der Waals surface area contributed by atoms with Crippen LogP contribution in [0, 0.1) is 0 Å². The largest absolute Gasteiger partial charge is 0.573 e. The average Bonchev–Trinajstić information content (AvgIpc) is 3.34. The highest BCUT2D eigenvalue weighted by molar-refractivity contribution is 6.56. The Bertz CT molecular complexity index is 1460. The van der Waals surface area contributed by atoms with Crippen molar-refractivity contribution in [1.29, 1.82) is 0 Å². The molecule has 0 bridgehead atoms. The minimum Gasteiger partial charge on any atom is -0.449 e. The van der Waals surface area contributed by atoms with E-state index in [2.05, 4.69) is 22.2 Å². The van der Waals surface area contributed by atoms with E-state index in [1.54, 1.807) is 6.08 Å². The number of ether oxygens (including phenoxy) is 2. The fourth-order valence-corrected chi connectivity index (χ4v) is 5.27. The number of amides is 1. The van der Waals surface area contributed by atoms with Gasteiger partial charge < -0.3 is 24.1 Å². The molecule has 0 aromatic heterocycles. The van der Waals surface area contributed by atoms with Crippen molar-refractivity contribution < 1.29 is 36.7 Å². The molecule has 0 atom stereocenters. The second-order valence-corrected chi connectivity index (χ2v) is 11.6. The highest BCUT2D eigenvalue weighted by Crippen LogP contribution is 2.44. The Balaban J connectivity index is 1.32. The van der Waals surface area contributed by atoms with E-state index in [0.29, 0.717) is 11.0 Å². The number of halogens is 4. The lowest BCUT2D eigenvalue weighted by Gasteiger charge is -2.32. The summed E-state index contributed by atoms with van der Waals surface area (Å²) in [5, 5.41) is 2.78. The lowest BCUT2D eigenvalue weighted by molar-refractivity contribution is -0.274. The maximum absolute atomic E-state index is 12.9. The van der Waals surface area contributed by atoms with Crippen LogP contribution in [0.2, 0.25) is 5.02 Å². The molecule has 1 saturated heterocycles. The van der Waals surface area contributed by atoms with E-state index in [4.69, 9.17) is 25.6 Å². The smallest absolute Gasteiger partial charge is 0.449 e. The van der Waals surface area contributed by atoms with Gasteiger partial charge in [0.2, 0.25) is 0 Å². The molecule has 42 heavy (non-hydrogen) atoms. The Morgan fingerprint density at radius 1 is 0.976 bits per heavy atom. The zero-order valence-electron chi connectivity index (χ0n) is 23.6. The Kier molecular flexibility index (Phi) is 8.09. The normalized spacial score (nSPS) is 17.5. The third kappa shape index (κ3) is 6.31. The van der Waals surface area contributed by atoms with Gasteiger partial charge in [-0.15, -0.1) is 13.2 Å². The van der Waals surface area contributed by atoms with E-state index >= 15 is 0 Å². The highest BCUT2D eigenvalue weighted by atomic mass is 35.5. The van der Waals surface area contributed by atoms with Crippen LogP contribution in [-0.4, -0.2) is 43.9 Å². The standard InChI is InChI=1S/C31H30BClF3NO5/c1-29(2)30(3,4)42-32(41-29)20(15-19-13-14-21(16-27(19)33)40-31(34,35)36)17-37-28(38)39-18-26-24-11-7-5-9-22(24)23-10-6-8-12-25(23)26/h5-16,26H,17-18H2,1-4H3,(H,37,38). The predicted molar refractivity (Wildman–Crippen MR) is 155 cm³/mol. The first-order valence-corrected chi connectivity index (χ1v) is 13.8. The first-order valence-electron chi connectivity index (χ1n) is 13.4. The van der Waals surface area contributed by atoms with Gasteiger partial charge in [0.15, 0.2) is 0 Å². The third-order valence-corrected chi connectivity index (χ3v) is 8.21. The minimum absolute atomic E-state index is 0.0203. The van der Waals surface area contributed by atoms with Gasteiger partial charge in [-0.3, -0.25) is 0 Å². The van der Waals surface area contributed by atoms with E-state index in [1.807, 2.05) is 64.1 Å². The average molecular weight is 600 g/mol. The Labute approximate surface area is 247 Å². The van der Waals surface area contributed by atoms with Crippen molar-refractivity contribution in [3.63, 3.8) is 0 Å². The second kappa shape index (κ2) is 11.3. The summed E-state index contributed by atoms with van der Waals surface area (Å²) in [5.74, 6) is -0.545. The summed E-state index contributed by atoms with van der Waals surface area (Å²) in [6.45, 7) is 7.67. The molecule has 0 saturated carbocycles. The lowest BCUT2D eigenvalue weighted by atomic mass is 9.77. The molecule has 1 fully saturated rings. The number of fused-ring (bicyclic) bond motifs is 3. The zero-order chi connectivity index (χ0) is 30.3. The summed E-state index contributed by atoms with van der Waals surface area (Å²) in [7, 11) is -0.856. The van der Waals surface area contributed by atoms with Gasteiger partial charge in [0, 0.05) is 12.5 Å². The topological polar surface area (TPSA) is 66.0 Å². The number of carbonyl (C=O) groups excluding carboxylic acids is 1. The summed E-state index contributed by atoms with van der Waals surface area (Å²) in [6, 6.07) is 19.7. The van der Waals surface area contributed by atoms with Crippen LogP contribution in [0.15, 0.2) is 72.2 Å². The number of hydrogen-bond donors (Lipinski definition) is 1. The predicted octanol–water partition coefficient (Wildman–Crippen LogP) is 7.79. The van der Waals surface area contributed by atoms with Crippen molar-refractivity contribution in [2.24, 2.45) is 0 Å². The molecular formula is C31H30BClF3NO5. The molecule has 2 aliphatic rings. The molecule has 3 aromatic carbocycles. The number of nitrogens with one attached hydrogen (secondary N) is 1. The number of rotatable bonds is 7. The third-order valence-electron chi connectivity index (χ3n) is 7.88. The van der Waals surface area contributed by atoms with Crippen LogP contribution in [-0.2, 0) is 14.0 Å². The number of carbonyl (C=O) groups is 1. The van der Waals surface area contributed by atoms with Crippen molar-refractivity contribution in [3.8, 4) is 16.9 Å². The molecule has 220 valence electrons. The molecule has 1 amide bonds. The molecule has 6 nitrogen and oxygen atoms in total. The zero-order valence-corrected chi connectivity index (χ0v) is 24.3. The van der Waals surface area contributed by atoms with Crippen LogP contribution in [0.25, 0.3) is 17.2 Å². The summed E-state index contributed by atoms with van der Waals surface area (Å²) in [5.41, 5.74) is 3.98. The highest BCUT2D eigenvalue weighted by Gasteiger charge is 2.52. The number of alkyl carbamates (subject to hydrolysis) is 1. The van der Waals surface area contributed by atoms with E-state index < -0.39 is 36.5 Å². The van der Waals surface area contributed by atoms with E-state index in [-0.39, 0.29) is 24.1 Å². The quantitative estimate of drug-likeness (QED) is 0.281. The van der Waals surface area contributed by atoms with Crippen molar-refractivity contribution in [2.45, 2.75) is 51.2 Å². The van der Waals surface area contributed by atoms with Crippen molar-refractivity contribution in [2.75, 3.05) is 13.2 Å². The summed E-state index contributed by atoms with van der Waals surface area (Å²) in [6.07, 6.45) is -3.87. The number of alkyl halides is 3. The van der Waals surface area contributed by atoms with Gasteiger partial charge in [-0.25, -0.2) is 4.79 Å². The van der Waals surface area contributed by atoms with Crippen molar-refractivity contribution in [1.82, 2.24) is 5.32 Å². The fraction of sp³-hybridized carbons (Fsp3) is 0.323. The second-order valence-electron chi connectivity index (χ2n) is 11.2. The molecule has 0 radical (unpaired) electrons. The molecule has 1 aliphatic heterocycles. The van der Waals surface area contributed by atoms with Crippen LogP contribution >= 0.6 is 11.6 Å². The van der Waals surface area contributed by atoms with Gasteiger partial charge in [-0.05, 0) is 79.2 Å². The van der Waals surface area contributed by atoms with Crippen LogP contribution < -0.4 is 10.1 Å². The molecule has 11 heteroatoms. The molecule has 5 rings (SSSR count). The van der Waals surface area contributed by atoms with Crippen molar-refractivity contribution >= 4 is 30.9 Å². The van der Waals surface area contributed by atoms with Gasteiger partial charge in [-0.2, -0.15) is 0 Å². The first-order chi connectivity index (χ1) is 19.7. The summed E-state index contributed by atoms with van der Waals surface area (Å²) >= 11 is 6.30. The summed E-state index contributed by atoms with van der Waals surface area (Å²) < 4.78 is 59.9. The van der Waals surface area contributed by atoms with Crippen LogP contribution in [0.1, 0.15) is 50.3 Å². The van der Waals surface area contributed by atoms with Gasteiger partial charge in [-0.1, -0.05) is 66.2 Å². The number of hydrogen-bond acceptors (Lipinski definition) is 5. The lowest BCUT2D eigenvalue weighted by Crippen LogP contribution is -2.41. The van der Waals surface area contributed by atoms with Gasteiger partial charge >= 0.3 is 19.6 Å². The van der Waals surface area contributed by atoms with Crippen LogP contribution in [0.5, 0.6) is 5.75 Å². The summed E-state index contributed by atoms with van der Waals surface area (Å²) in [4.78, 5) is 12.9. The molecular weight excluding hydrogens is 570 g/mol. The van der Waals surface area contributed by atoms with Crippen molar-refractivity contribution in [3.05, 3.63) is 93.9 Å². The van der Waals surface area contributed by atoms with E-state index in [9.17, 15) is 18.0 Å². The van der Waals surface area contributed by atoms with E-state index in [0.717, 1.165) is 34.4 Å². The molecule has 0 spiro atoms. The molecule has 3 aromatic rings. The van der Waals surface area contributed by atoms with Gasteiger partial charge in [0.1, 0.15) is 12.4 Å².